The quantitative estimate of drug-likeness (QED) is 0.883. The summed E-state index contributed by atoms with van der Waals surface area (Å²) in [7, 11) is 0. The van der Waals surface area contributed by atoms with Crippen LogP contribution in [0.5, 0.6) is 0 Å². The Hall–Kier alpha value is -1.23. The Labute approximate surface area is 105 Å². The zero-order valence-corrected chi connectivity index (χ0v) is 10.5. The van der Waals surface area contributed by atoms with E-state index in [2.05, 4.69) is 27.9 Å². The van der Waals surface area contributed by atoms with E-state index in [0.717, 1.165) is 23.7 Å². The Morgan fingerprint density at radius 2 is 2.24 bits per heavy atom. The van der Waals surface area contributed by atoms with Crippen LogP contribution >= 0.6 is 11.8 Å². The summed E-state index contributed by atoms with van der Waals surface area (Å²) in [6.07, 6.45) is 5.40. The predicted molar refractivity (Wildman–Crippen MR) is 71.2 cm³/mol. The van der Waals surface area contributed by atoms with Gasteiger partial charge in [0.1, 0.15) is 5.82 Å². The molecule has 17 heavy (non-hydrogen) atoms. The number of nitrogen functional groups attached to an aromatic ring is 1. The average Bonchev–Trinajstić information content (AvgIpc) is 2.74. The lowest BCUT2D eigenvalue weighted by atomic mass is 9.97. The maximum absolute atomic E-state index is 5.86. The summed E-state index contributed by atoms with van der Waals surface area (Å²) in [5, 5.41) is 4.53. The van der Waals surface area contributed by atoms with Crippen molar-refractivity contribution in [3.63, 3.8) is 0 Å². The van der Waals surface area contributed by atoms with Crippen LogP contribution < -0.4 is 5.73 Å². The van der Waals surface area contributed by atoms with Crippen molar-refractivity contribution < 1.29 is 0 Å². The van der Waals surface area contributed by atoms with E-state index < -0.39 is 0 Å². The zero-order valence-electron chi connectivity index (χ0n) is 9.67. The molecular weight excluding hydrogens is 232 g/mol. The van der Waals surface area contributed by atoms with Gasteiger partial charge in [-0.05, 0) is 42.8 Å². The maximum Gasteiger partial charge on any atom is 0.157 e. The molecule has 1 saturated heterocycles. The van der Waals surface area contributed by atoms with Gasteiger partial charge in [0.15, 0.2) is 5.65 Å². The first kappa shape index (κ1) is 10.9. The molecule has 0 aromatic carbocycles. The second kappa shape index (κ2) is 4.56. The lowest BCUT2D eigenvalue weighted by Gasteiger charge is -2.19. The van der Waals surface area contributed by atoms with Crippen molar-refractivity contribution in [1.82, 2.24) is 14.6 Å². The number of hydrogen-bond donors (Lipinski definition) is 1. The van der Waals surface area contributed by atoms with Crippen molar-refractivity contribution in [1.29, 1.82) is 0 Å². The van der Waals surface area contributed by atoms with Gasteiger partial charge in [-0.25, -0.2) is 4.98 Å². The molecule has 2 N–H and O–H groups in total. The van der Waals surface area contributed by atoms with Gasteiger partial charge in [-0.3, -0.25) is 0 Å². The van der Waals surface area contributed by atoms with Crippen LogP contribution in [0.3, 0.4) is 0 Å². The second-order valence-corrected chi connectivity index (χ2v) is 5.76. The summed E-state index contributed by atoms with van der Waals surface area (Å²) >= 11 is 2.06. The van der Waals surface area contributed by atoms with Crippen LogP contribution in [0.1, 0.15) is 18.5 Å². The summed E-state index contributed by atoms with van der Waals surface area (Å²) in [5.74, 6) is 4.01. The Bertz CT molecular complexity index is 516. The first-order valence-corrected chi connectivity index (χ1v) is 7.15. The fourth-order valence-corrected chi connectivity index (χ4v) is 3.51. The molecule has 0 spiro atoms. The van der Waals surface area contributed by atoms with Crippen molar-refractivity contribution >= 4 is 23.2 Å². The molecule has 4 nitrogen and oxygen atoms in total. The molecule has 0 bridgehead atoms. The van der Waals surface area contributed by atoms with Crippen molar-refractivity contribution in [2.75, 3.05) is 17.2 Å². The van der Waals surface area contributed by atoms with Gasteiger partial charge in [0.25, 0.3) is 0 Å². The summed E-state index contributed by atoms with van der Waals surface area (Å²) < 4.78 is 1.73. The molecule has 0 radical (unpaired) electrons. The third-order valence-corrected chi connectivity index (χ3v) is 4.33. The number of nitrogens with zero attached hydrogens (tertiary/aromatic N) is 3. The molecule has 0 unspecified atom stereocenters. The minimum Gasteiger partial charge on any atom is -0.384 e. The van der Waals surface area contributed by atoms with Gasteiger partial charge < -0.3 is 5.73 Å². The summed E-state index contributed by atoms with van der Waals surface area (Å²) in [6, 6.07) is 3.83. The van der Waals surface area contributed by atoms with Gasteiger partial charge in [0.2, 0.25) is 0 Å². The zero-order chi connectivity index (χ0) is 11.7. The van der Waals surface area contributed by atoms with Crippen LogP contribution in [0.25, 0.3) is 5.65 Å². The molecule has 0 atom stereocenters. The third-order valence-electron chi connectivity index (χ3n) is 3.28. The van der Waals surface area contributed by atoms with Crippen LogP contribution in [0.15, 0.2) is 18.3 Å². The highest BCUT2D eigenvalue weighted by molar-refractivity contribution is 7.99. The van der Waals surface area contributed by atoms with Crippen molar-refractivity contribution in [3.8, 4) is 0 Å². The number of rotatable bonds is 2. The Balaban J connectivity index is 1.83. The summed E-state index contributed by atoms with van der Waals surface area (Å²) in [5.41, 5.74) is 7.83. The van der Waals surface area contributed by atoms with E-state index in [0.29, 0.717) is 5.82 Å². The van der Waals surface area contributed by atoms with Gasteiger partial charge >= 0.3 is 0 Å². The normalized spacial score (nSPS) is 17.6. The Morgan fingerprint density at radius 3 is 3.00 bits per heavy atom. The molecule has 1 aliphatic rings. The monoisotopic (exact) mass is 248 g/mol. The van der Waals surface area contributed by atoms with E-state index in [1.165, 1.54) is 24.3 Å². The van der Waals surface area contributed by atoms with Crippen LogP contribution in [0.4, 0.5) is 5.82 Å². The lowest BCUT2D eigenvalue weighted by Crippen LogP contribution is -2.12. The third kappa shape index (κ3) is 2.24. The topological polar surface area (TPSA) is 56.2 Å². The fraction of sp³-hybridized carbons (Fsp3) is 0.500. The fourth-order valence-electron chi connectivity index (χ4n) is 2.31. The number of fused-ring (bicyclic) bond motifs is 1. The number of aromatic nitrogens is 3. The van der Waals surface area contributed by atoms with Crippen LogP contribution in [0, 0.1) is 5.92 Å². The van der Waals surface area contributed by atoms with Gasteiger partial charge in [0.05, 0.1) is 5.69 Å². The molecule has 2 aromatic heterocycles. The van der Waals surface area contributed by atoms with Gasteiger partial charge in [0, 0.05) is 12.3 Å². The highest BCUT2D eigenvalue weighted by atomic mass is 32.2. The first-order chi connectivity index (χ1) is 8.33. The number of thioether (sulfide) groups is 1. The highest BCUT2D eigenvalue weighted by Crippen LogP contribution is 2.25. The highest BCUT2D eigenvalue weighted by Gasteiger charge is 2.16. The molecule has 0 amide bonds. The van der Waals surface area contributed by atoms with E-state index >= 15 is 0 Å². The Morgan fingerprint density at radius 1 is 1.41 bits per heavy atom. The van der Waals surface area contributed by atoms with E-state index in [1.807, 2.05) is 0 Å². The minimum absolute atomic E-state index is 0.653. The molecule has 1 fully saturated rings. The van der Waals surface area contributed by atoms with Crippen LogP contribution in [-0.2, 0) is 6.42 Å². The van der Waals surface area contributed by atoms with E-state index in [9.17, 15) is 0 Å². The van der Waals surface area contributed by atoms with Crippen molar-refractivity contribution in [2.45, 2.75) is 19.3 Å². The molecule has 0 aliphatic carbocycles. The number of hydrogen-bond acceptors (Lipinski definition) is 4. The van der Waals surface area contributed by atoms with Gasteiger partial charge in [-0.1, -0.05) is 0 Å². The molecule has 3 heterocycles. The molecule has 5 heteroatoms. The Kier molecular flexibility index (Phi) is 2.93. The molecular formula is C12H16N4S. The first-order valence-electron chi connectivity index (χ1n) is 6.00. The second-order valence-electron chi connectivity index (χ2n) is 4.54. The van der Waals surface area contributed by atoms with Gasteiger partial charge in [-0.2, -0.15) is 21.4 Å². The molecule has 0 saturated carbocycles. The van der Waals surface area contributed by atoms with E-state index in [4.69, 9.17) is 5.73 Å². The summed E-state index contributed by atoms with van der Waals surface area (Å²) in [6.45, 7) is 0. The SMILES string of the molecule is Nc1ccnc2cc(CC3CCSCC3)nn12. The molecule has 1 aliphatic heterocycles. The van der Waals surface area contributed by atoms with Crippen LogP contribution in [0.2, 0.25) is 0 Å². The van der Waals surface area contributed by atoms with E-state index in [1.54, 1.807) is 16.8 Å². The predicted octanol–water partition coefficient (Wildman–Crippen LogP) is 2.00. The van der Waals surface area contributed by atoms with Gasteiger partial charge in [-0.15, -0.1) is 0 Å². The summed E-state index contributed by atoms with van der Waals surface area (Å²) in [4.78, 5) is 4.27. The number of nitrogens with two attached hydrogens (primary N) is 1. The smallest absolute Gasteiger partial charge is 0.157 e. The van der Waals surface area contributed by atoms with Crippen molar-refractivity contribution in [3.05, 3.63) is 24.0 Å². The van der Waals surface area contributed by atoms with Crippen molar-refractivity contribution in [2.24, 2.45) is 5.92 Å². The largest absolute Gasteiger partial charge is 0.384 e. The molecule has 90 valence electrons. The maximum atomic E-state index is 5.86. The standard InChI is InChI=1S/C12H16N4S/c13-11-1-4-14-12-8-10(15-16(11)12)7-9-2-5-17-6-3-9/h1,4,8-9H,2-3,5-7,13H2. The van der Waals surface area contributed by atoms with E-state index in [-0.39, 0.29) is 0 Å². The van der Waals surface area contributed by atoms with Crippen LogP contribution in [-0.4, -0.2) is 26.1 Å². The molecule has 2 aromatic rings. The lowest BCUT2D eigenvalue weighted by molar-refractivity contribution is 0.481. The number of anilines is 1. The molecule has 3 rings (SSSR count). The average molecular weight is 248 g/mol. The minimum atomic E-state index is 0.653.